The van der Waals surface area contributed by atoms with E-state index in [0.29, 0.717) is 11.4 Å². The van der Waals surface area contributed by atoms with Gasteiger partial charge in [-0.05, 0) is 25.0 Å². The molecule has 4 rings (SSSR count). The minimum atomic E-state index is -4.12. The van der Waals surface area contributed by atoms with Gasteiger partial charge in [-0.1, -0.05) is 0 Å². The van der Waals surface area contributed by atoms with Gasteiger partial charge in [-0.15, -0.1) is 0 Å². The highest BCUT2D eigenvalue weighted by atomic mass is 32.2. The molecule has 9 heteroatoms. The van der Waals surface area contributed by atoms with Crippen molar-refractivity contribution in [2.24, 2.45) is 0 Å². The van der Waals surface area contributed by atoms with E-state index in [4.69, 9.17) is 0 Å². The van der Waals surface area contributed by atoms with Gasteiger partial charge < -0.3 is 14.5 Å². The maximum absolute atomic E-state index is 14.8. The Kier molecular flexibility index (Phi) is 4.38. The summed E-state index contributed by atoms with van der Waals surface area (Å²) in [6, 6.07) is 2.79. The molecule has 1 aromatic rings. The second-order valence-electron chi connectivity index (χ2n) is 6.50. The summed E-state index contributed by atoms with van der Waals surface area (Å²) < 4.78 is 45.1. The number of fused-ring (bicyclic) bond motifs is 1. The first kappa shape index (κ1) is 17.7. The molecule has 2 heterocycles. The maximum atomic E-state index is 14.8. The van der Waals surface area contributed by atoms with Crippen LogP contribution in [0.15, 0.2) is 28.1 Å². The molecule has 0 aromatic heterocycles. The van der Waals surface area contributed by atoms with Crippen LogP contribution >= 0.6 is 11.8 Å². The zero-order valence-electron chi connectivity index (χ0n) is 14.3. The van der Waals surface area contributed by atoms with Crippen molar-refractivity contribution in [3.63, 3.8) is 0 Å². The van der Waals surface area contributed by atoms with E-state index in [2.05, 4.69) is 4.74 Å². The van der Waals surface area contributed by atoms with Crippen LogP contribution < -0.4 is 9.80 Å². The summed E-state index contributed by atoms with van der Waals surface area (Å²) in [4.78, 5) is 15.1. The molecule has 0 bridgehead atoms. The number of halogens is 1. The van der Waals surface area contributed by atoms with Crippen molar-refractivity contribution < 1.29 is 22.3 Å². The first-order valence-electron chi connectivity index (χ1n) is 8.43. The first-order chi connectivity index (χ1) is 12.4. The van der Waals surface area contributed by atoms with Crippen LogP contribution in [0.2, 0.25) is 0 Å². The number of sulfone groups is 1. The molecule has 0 spiro atoms. The highest BCUT2D eigenvalue weighted by molar-refractivity contribution is 7.99. The minimum Gasteiger partial charge on any atom is -0.465 e. The minimum absolute atomic E-state index is 0.124. The molecule has 2 aliphatic heterocycles. The van der Waals surface area contributed by atoms with E-state index in [1.807, 2.05) is 16.7 Å². The molecule has 0 unspecified atom stereocenters. The first-order valence-corrected chi connectivity index (χ1v) is 11.1. The summed E-state index contributed by atoms with van der Waals surface area (Å²) in [7, 11) is -2.99. The standard InChI is InChI=1S/C17H19FN2O4S2/c1-24-17(21)16-10-20(11-2-3-11)14-9-13(19-4-6-25-7-5-19)12(18)8-15(14)26(16,22)23/h8-11H,2-7H2,1H3. The SMILES string of the molecule is COC(=O)C1=CN(C2CC2)c2cc(N3CCSCC3)c(F)cc2S1(=O)=O. The molecule has 0 atom stereocenters. The van der Waals surface area contributed by atoms with Gasteiger partial charge in [0.1, 0.15) is 5.82 Å². The average Bonchev–Trinajstić information content (AvgIpc) is 3.47. The van der Waals surface area contributed by atoms with Crippen LogP contribution in [0.3, 0.4) is 0 Å². The molecule has 1 aromatic carbocycles. The van der Waals surface area contributed by atoms with Crippen LogP contribution in [0.1, 0.15) is 12.8 Å². The Hall–Kier alpha value is -1.74. The van der Waals surface area contributed by atoms with Crippen molar-refractivity contribution in [1.29, 1.82) is 0 Å². The molecule has 26 heavy (non-hydrogen) atoms. The van der Waals surface area contributed by atoms with E-state index < -0.39 is 26.5 Å². The lowest BCUT2D eigenvalue weighted by Gasteiger charge is -2.33. The largest absolute Gasteiger partial charge is 0.465 e. The van der Waals surface area contributed by atoms with Crippen LogP contribution in [0.4, 0.5) is 15.8 Å². The molecule has 1 aliphatic carbocycles. The van der Waals surface area contributed by atoms with Gasteiger partial charge in [-0.25, -0.2) is 17.6 Å². The fourth-order valence-electron chi connectivity index (χ4n) is 3.30. The van der Waals surface area contributed by atoms with Crippen molar-refractivity contribution in [2.75, 3.05) is 41.5 Å². The number of hydrogen-bond acceptors (Lipinski definition) is 7. The van der Waals surface area contributed by atoms with E-state index in [1.165, 1.54) is 6.20 Å². The third kappa shape index (κ3) is 2.87. The molecule has 6 nitrogen and oxygen atoms in total. The van der Waals surface area contributed by atoms with Crippen molar-refractivity contribution in [1.82, 2.24) is 0 Å². The lowest BCUT2D eigenvalue weighted by molar-refractivity contribution is -0.135. The van der Waals surface area contributed by atoms with Crippen LogP contribution in [0, 0.1) is 5.82 Å². The Morgan fingerprint density at radius 2 is 1.92 bits per heavy atom. The molecule has 0 N–H and O–H groups in total. The van der Waals surface area contributed by atoms with Crippen LogP contribution in [0.5, 0.6) is 0 Å². The maximum Gasteiger partial charge on any atom is 0.351 e. The third-order valence-corrected chi connectivity index (χ3v) is 7.52. The van der Waals surface area contributed by atoms with Gasteiger partial charge in [0.2, 0.25) is 9.84 Å². The van der Waals surface area contributed by atoms with Gasteiger partial charge in [0.15, 0.2) is 4.91 Å². The number of thioether (sulfide) groups is 1. The summed E-state index contributed by atoms with van der Waals surface area (Å²) in [5.74, 6) is 0.307. The molecule has 140 valence electrons. The van der Waals surface area contributed by atoms with Gasteiger partial charge in [0.25, 0.3) is 0 Å². The smallest absolute Gasteiger partial charge is 0.351 e. The molecular formula is C17H19FN2O4S2. The second kappa shape index (κ2) is 6.45. The Morgan fingerprint density at radius 1 is 1.23 bits per heavy atom. The number of benzene rings is 1. The highest BCUT2D eigenvalue weighted by Crippen LogP contribution is 2.44. The van der Waals surface area contributed by atoms with Crippen LogP contribution in [-0.2, 0) is 19.4 Å². The summed E-state index contributed by atoms with van der Waals surface area (Å²) in [5, 5.41) is 0. The Morgan fingerprint density at radius 3 is 2.54 bits per heavy atom. The van der Waals surface area contributed by atoms with E-state index in [9.17, 15) is 17.6 Å². The zero-order valence-corrected chi connectivity index (χ0v) is 15.9. The van der Waals surface area contributed by atoms with Gasteiger partial charge in [-0.2, -0.15) is 11.8 Å². The molecule has 1 saturated heterocycles. The molecule has 0 radical (unpaired) electrons. The lowest BCUT2D eigenvalue weighted by atomic mass is 10.2. The Labute approximate surface area is 155 Å². The fourth-order valence-corrected chi connectivity index (χ4v) is 5.69. The molecule has 1 saturated carbocycles. The topological polar surface area (TPSA) is 66.9 Å². The number of methoxy groups -OCH3 is 1. The summed E-state index contributed by atoms with van der Waals surface area (Å²) >= 11 is 1.82. The monoisotopic (exact) mass is 398 g/mol. The number of nitrogens with zero attached hydrogens (tertiary/aromatic N) is 2. The predicted octanol–water partition coefficient (Wildman–Crippen LogP) is 2.15. The van der Waals surface area contributed by atoms with Crippen LogP contribution in [-0.4, -0.2) is 52.1 Å². The summed E-state index contributed by atoms with van der Waals surface area (Å²) in [6.07, 6.45) is 3.14. The Balaban J connectivity index is 1.85. The average molecular weight is 398 g/mol. The third-order valence-electron chi connectivity index (χ3n) is 4.82. The molecule has 2 fully saturated rings. The van der Waals surface area contributed by atoms with Crippen molar-refractivity contribution in [2.45, 2.75) is 23.8 Å². The number of anilines is 2. The number of ether oxygens (including phenoxy) is 1. The fraction of sp³-hybridized carbons (Fsp3) is 0.471. The molecular weight excluding hydrogens is 379 g/mol. The molecule has 3 aliphatic rings. The normalized spacial score (nSPS) is 21.8. The zero-order chi connectivity index (χ0) is 18.5. The number of esters is 1. The van der Waals surface area contributed by atoms with Gasteiger partial charge >= 0.3 is 5.97 Å². The number of carbonyl (C=O) groups excluding carboxylic acids is 1. The predicted molar refractivity (Wildman–Crippen MR) is 98.7 cm³/mol. The number of rotatable bonds is 3. The second-order valence-corrected chi connectivity index (χ2v) is 9.61. The van der Waals surface area contributed by atoms with E-state index in [1.54, 1.807) is 11.0 Å². The van der Waals surface area contributed by atoms with E-state index in [0.717, 1.165) is 50.6 Å². The lowest BCUT2D eigenvalue weighted by Crippen LogP contribution is -2.34. The van der Waals surface area contributed by atoms with Gasteiger partial charge in [-0.3, -0.25) is 0 Å². The van der Waals surface area contributed by atoms with E-state index >= 15 is 0 Å². The molecule has 0 amide bonds. The quantitative estimate of drug-likeness (QED) is 0.723. The summed E-state index contributed by atoms with van der Waals surface area (Å²) in [5.41, 5.74) is 0.856. The number of hydrogen-bond donors (Lipinski definition) is 0. The van der Waals surface area contributed by atoms with Gasteiger partial charge in [0, 0.05) is 36.8 Å². The van der Waals surface area contributed by atoms with Crippen molar-refractivity contribution in [3.05, 3.63) is 29.1 Å². The summed E-state index contributed by atoms with van der Waals surface area (Å²) in [6.45, 7) is 1.44. The highest BCUT2D eigenvalue weighted by Gasteiger charge is 2.41. The van der Waals surface area contributed by atoms with Crippen LogP contribution in [0.25, 0.3) is 0 Å². The van der Waals surface area contributed by atoms with Crippen molar-refractivity contribution >= 4 is 38.9 Å². The van der Waals surface area contributed by atoms with Gasteiger partial charge in [0.05, 0.1) is 23.4 Å². The van der Waals surface area contributed by atoms with E-state index in [-0.39, 0.29) is 10.9 Å². The van der Waals surface area contributed by atoms with Crippen molar-refractivity contribution in [3.8, 4) is 0 Å². The number of carbonyl (C=O) groups is 1. The Bertz CT molecular complexity index is 890.